The van der Waals surface area contributed by atoms with E-state index in [-0.39, 0.29) is 17.0 Å². The van der Waals surface area contributed by atoms with Crippen LogP contribution < -0.4 is 26.0 Å². The highest BCUT2D eigenvalue weighted by atomic mass is 32.2. The van der Waals surface area contributed by atoms with E-state index in [0.29, 0.717) is 29.4 Å². The smallest absolute Gasteiger partial charge is 0.322 e. The van der Waals surface area contributed by atoms with Gasteiger partial charge in [-0.05, 0) is 43.5 Å². The van der Waals surface area contributed by atoms with Crippen molar-refractivity contribution in [3.63, 3.8) is 0 Å². The van der Waals surface area contributed by atoms with Crippen molar-refractivity contribution in [2.75, 3.05) is 6.54 Å². The summed E-state index contributed by atoms with van der Waals surface area (Å²) in [5.41, 5.74) is 1.05. The number of hydrogen-bond acceptors (Lipinski definition) is 5. The van der Waals surface area contributed by atoms with Gasteiger partial charge in [-0.25, -0.2) is 13.2 Å². The monoisotopic (exact) mass is 435 g/mol. The van der Waals surface area contributed by atoms with Crippen molar-refractivity contribution >= 4 is 45.1 Å². The maximum atomic E-state index is 12.7. The first-order chi connectivity index (χ1) is 14.1. The number of carboxylic acid groups (broad SMARTS) is 1. The average molecular weight is 436 g/mol. The number of hydrogen-bond donors (Lipinski definition) is 4. The van der Waals surface area contributed by atoms with Gasteiger partial charge in [0.2, 0.25) is 10.0 Å². The molecule has 1 aromatic heterocycles. The van der Waals surface area contributed by atoms with Gasteiger partial charge in [-0.2, -0.15) is 4.72 Å². The van der Waals surface area contributed by atoms with Crippen LogP contribution in [0.4, 0.5) is 4.79 Å². The van der Waals surface area contributed by atoms with Gasteiger partial charge in [-0.3, -0.25) is 4.79 Å². The van der Waals surface area contributed by atoms with Crippen LogP contribution in [0.15, 0.2) is 27.5 Å². The Hall–Kier alpha value is -2.85. The van der Waals surface area contributed by atoms with Crippen molar-refractivity contribution < 1.29 is 27.5 Å². The molecule has 0 saturated heterocycles. The molecule has 162 valence electrons. The molecule has 3 rings (SSSR count). The Morgan fingerprint density at radius 2 is 2.03 bits per heavy atom. The molecule has 2 aromatic rings. The molecule has 4 N–H and O–H groups in total. The van der Waals surface area contributed by atoms with Crippen LogP contribution in [0, 0.1) is 5.92 Å². The van der Waals surface area contributed by atoms with Gasteiger partial charge in [0.1, 0.15) is 17.0 Å². The number of carbonyl (C=O) groups excluding carboxylic acids is 1. The summed E-state index contributed by atoms with van der Waals surface area (Å²) >= 11 is 0. The van der Waals surface area contributed by atoms with E-state index in [9.17, 15) is 23.1 Å². The van der Waals surface area contributed by atoms with Gasteiger partial charge in [0.25, 0.3) is 0 Å². The molecular formula is C20H25N3O6S. The summed E-state index contributed by atoms with van der Waals surface area (Å²) in [6.45, 7) is 5.61. The summed E-state index contributed by atoms with van der Waals surface area (Å²) in [7, 11) is -4.04. The Labute approximate surface area is 173 Å². The Morgan fingerprint density at radius 3 is 2.67 bits per heavy atom. The molecule has 10 heteroatoms. The van der Waals surface area contributed by atoms with Gasteiger partial charge < -0.3 is 20.2 Å². The highest BCUT2D eigenvalue weighted by molar-refractivity contribution is 7.89. The van der Waals surface area contributed by atoms with Crippen molar-refractivity contribution in [3.8, 4) is 0 Å². The molecule has 0 saturated carbocycles. The minimum Gasteiger partial charge on any atom is -0.480 e. The number of sulfonamides is 1. The lowest BCUT2D eigenvalue weighted by Gasteiger charge is -2.18. The van der Waals surface area contributed by atoms with E-state index in [0.717, 1.165) is 5.22 Å². The number of amides is 2. The lowest BCUT2D eigenvalue weighted by molar-refractivity contribution is -0.140. The van der Waals surface area contributed by atoms with E-state index < -0.39 is 28.0 Å². The molecule has 0 bridgehead atoms. The first-order valence-electron chi connectivity index (χ1n) is 9.66. The number of carbonyl (C=O) groups is 2. The van der Waals surface area contributed by atoms with Gasteiger partial charge in [0, 0.05) is 17.1 Å². The average Bonchev–Trinajstić information content (AvgIpc) is 3.02. The predicted octanol–water partition coefficient (Wildman–Crippen LogP) is 0.473. The van der Waals surface area contributed by atoms with Crippen LogP contribution in [0.25, 0.3) is 23.1 Å². The molecule has 1 aliphatic carbocycles. The number of rotatable bonds is 7. The first kappa shape index (κ1) is 21.8. The van der Waals surface area contributed by atoms with Crippen LogP contribution in [0.1, 0.15) is 27.2 Å². The van der Waals surface area contributed by atoms with Gasteiger partial charge in [-0.15, -0.1) is 0 Å². The van der Waals surface area contributed by atoms with Crippen LogP contribution >= 0.6 is 0 Å². The van der Waals surface area contributed by atoms with Crippen molar-refractivity contribution in [2.24, 2.45) is 5.92 Å². The number of carboxylic acids is 1. The van der Waals surface area contributed by atoms with Crippen LogP contribution in [-0.2, 0) is 14.8 Å². The second-order valence-electron chi connectivity index (χ2n) is 7.44. The Balaban J connectivity index is 1.95. The molecule has 1 heterocycles. The number of nitrogens with one attached hydrogen (secondary N) is 3. The van der Waals surface area contributed by atoms with E-state index in [1.807, 2.05) is 13.0 Å². The third-order valence-corrected chi connectivity index (χ3v) is 6.27. The third-order valence-electron chi connectivity index (χ3n) is 4.83. The quantitative estimate of drug-likeness (QED) is 0.499. The SMILES string of the molecule is CCNC(=O)NC1C=c2oc3ccc(S(=O)(=O)N[C@@H](C(=O)O)C(C)C)cc3c2=CC1. The Morgan fingerprint density at radius 1 is 1.30 bits per heavy atom. The molecule has 0 aliphatic heterocycles. The molecular weight excluding hydrogens is 410 g/mol. The number of urea groups is 1. The number of fused-ring (bicyclic) bond motifs is 3. The Kier molecular flexibility index (Phi) is 6.18. The number of benzene rings is 1. The fourth-order valence-corrected chi connectivity index (χ4v) is 4.66. The normalized spacial score (nSPS) is 17.0. The highest BCUT2D eigenvalue weighted by Gasteiger charge is 2.28. The third kappa shape index (κ3) is 4.49. The molecule has 30 heavy (non-hydrogen) atoms. The summed E-state index contributed by atoms with van der Waals surface area (Å²) in [6, 6.07) is 2.65. The van der Waals surface area contributed by atoms with Crippen LogP contribution in [0.5, 0.6) is 0 Å². The van der Waals surface area contributed by atoms with Gasteiger partial charge in [0.05, 0.1) is 10.9 Å². The van der Waals surface area contributed by atoms with Gasteiger partial charge >= 0.3 is 12.0 Å². The maximum Gasteiger partial charge on any atom is 0.322 e. The standard InChI is InChI=1S/C20H25N3O6S/c1-4-21-20(26)22-12-5-7-14-15-10-13(6-8-16(15)29-17(14)9-12)30(27,28)23-18(11(2)3)19(24)25/h6-12,18,23H,4-5H2,1-3H3,(H,24,25)(H2,21,22,26)/t12?,18-/m1/s1. The van der Waals surface area contributed by atoms with E-state index in [1.54, 1.807) is 26.0 Å². The minimum atomic E-state index is -4.04. The summed E-state index contributed by atoms with van der Waals surface area (Å²) in [5.74, 6) is -1.65. The maximum absolute atomic E-state index is 12.7. The minimum absolute atomic E-state index is 0.0403. The van der Waals surface area contributed by atoms with Crippen molar-refractivity contribution in [3.05, 3.63) is 28.8 Å². The first-order valence-corrected chi connectivity index (χ1v) is 11.1. The second kappa shape index (κ2) is 8.49. The molecule has 1 aromatic carbocycles. The summed E-state index contributed by atoms with van der Waals surface area (Å²) < 4.78 is 33.6. The summed E-state index contributed by atoms with van der Waals surface area (Å²) in [4.78, 5) is 23.1. The number of aliphatic carboxylic acids is 1. The largest absolute Gasteiger partial charge is 0.480 e. The van der Waals surface area contributed by atoms with Crippen molar-refractivity contribution in [2.45, 2.75) is 44.2 Å². The fraction of sp³-hybridized carbons (Fsp3) is 0.400. The van der Waals surface area contributed by atoms with Crippen LogP contribution in [-0.4, -0.2) is 44.2 Å². The lowest BCUT2D eigenvalue weighted by atomic mass is 10.1. The highest BCUT2D eigenvalue weighted by Crippen LogP contribution is 2.18. The molecule has 0 radical (unpaired) electrons. The molecule has 1 aliphatic rings. The van der Waals surface area contributed by atoms with E-state index in [2.05, 4.69) is 15.4 Å². The fourth-order valence-electron chi connectivity index (χ4n) is 3.30. The van der Waals surface area contributed by atoms with Crippen LogP contribution in [0.3, 0.4) is 0 Å². The molecule has 2 atom stereocenters. The zero-order valence-corrected chi connectivity index (χ0v) is 17.7. The van der Waals surface area contributed by atoms with Crippen LogP contribution in [0.2, 0.25) is 0 Å². The van der Waals surface area contributed by atoms with E-state index in [1.165, 1.54) is 12.1 Å². The summed E-state index contributed by atoms with van der Waals surface area (Å²) in [6.07, 6.45) is 4.20. The molecule has 9 nitrogen and oxygen atoms in total. The molecule has 2 amide bonds. The van der Waals surface area contributed by atoms with Gasteiger partial charge in [-0.1, -0.05) is 19.9 Å². The van der Waals surface area contributed by atoms with Gasteiger partial charge in [0.15, 0.2) is 0 Å². The van der Waals surface area contributed by atoms with E-state index >= 15 is 0 Å². The Bertz CT molecular complexity index is 1200. The molecule has 0 fully saturated rings. The second-order valence-corrected chi connectivity index (χ2v) is 9.15. The van der Waals surface area contributed by atoms with E-state index in [4.69, 9.17) is 4.42 Å². The topological polar surface area (TPSA) is 138 Å². The summed E-state index contributed by atoms with van der Waals surface area (Å²) in [5, 5.41) is 16.1. The van der Waals surface area contributed by atoms with Crippen molar-refractivity contribution in [1.82, 2.24) is 15.4 Å². The number of furan rings is 1. The molecule has 0 spiro atoms. The lowest BCUT2D eigenvalue weighted by Crippen LogP contribution is -2.44. The zero-order valence-electron chi connectivity index (χ0n) is 16.9. The predicted molar refractivity (Wildman–Crippen MR) is 112 cm³/mol. The zero-order chi connectivity index (χ0) is 22.1. The van der Waals surface area contributed by atoms with Crippen molar-refractivity contribution in [1.29, 1.82) is 0 Å². The molecule has 1 unspecified atom stereocenters.